The summed E-state index contributed by atoms with van der Waals surface area (Å²) in [6, 6.07) is 8.86. The monoisotopic (exact) mass is 423 g/mol. The molecule has 0 aliphatic carbocycles. The fourth-order valence-corrected chi connectivity index (χ4v) is 4.43. The molecule has 162 valence electrons. The van der Waals surface area contributed by atoms with Gasteiger partial charge in [-0.1, -0.05) is 6.07 Å². The highest BCUT2D eigenvalue weighted by atomic mass is 16.5. The summed E-state index contributed by atoms with van der Waals surface area (Å²) in [7, 11) is 0. The summed E-state index contributed by atoms with van der Waals surface area (Å²) in [5.41, 5.74) is 1.66. The van der Waals surface area contributed by atoms with Gasteiger partial charge >= 0.3 is 0 Å². The van der Waals surface area contributed by atoms with Gasteiger partial charge in [0.15, 0.2) is 0 Å². The largest absolute Gasteiger partial charge is 0.456 e. The molecule has 0 spiro atoms. The molecule has 2 atom stereocenters. The first kappa shape index (κ1) is 19.9. The minimum atomic E-state index is -0.881. The smallest absolute Gasteiger partial charge is 0.244 e. The molecule has 3 aliphatic heterocycles. The Labute approximate surface area is 180 Å². The lowest BCUT2D eigenvalue weighted by molar-refractivity contribution is -0.141. The molecule has 1 aromatic heterocycles. The highest BCUT2D eigenvalue weighted by Gasteiger charge is 2.39. The fraction of sp³-hybridized carbons (Fsp3) is 0.409. The number of aromatic nitrogens is 1. The Morgan fingerprint density at radius 1 is 1.10 bits per heavy atom. The first-order valence-electron chi connectivity index (χ1n) is 10.6. The first-order valence-corrected chi connectivity index (χ1v) is 10.6. The Kier molecular flexibility index (Phi) is 5.31. The molecule has 5 rings (SSSR count). The molecule has 2 fully saturated rings. The number of carbonyl (C=O) groups excluding carboxylic acids is 2. The predicted octanol–water partition coefficient (Wildman–Crippen LogP) is 0.895. The van der Waals surface area contributed by atoms with Gasteiger partial charge in [0.2, 0.25) is 11.8 Å². The van der Waals surface area contributed by atoms with Crippen molar-refractivity contribution >= 4 is 17.6 Å². The second kappa shape index (κ2) is 8.26. The van der Waals surface area contributed by atoms with Crippen molar-refractivity contribution in [3.8, 4) is 11.5 Å². The van der Waals surface area contributed by atoms with Crippen LogP contribution in [0.15, 0.2) is 36.5 Å². The van der Waals surface area contributed by atoms with Crippen molar-refractivity contribution in [2.24, 2.45) is 0 Å². The molecule has 9 heteroatoms. The second-order valence-corrected chi connectivity index (χ2v) is 8.06. The van der Waals surface area contributed by atoms with Crippen LogP contribution in [0.25, 0.3) is 0 Å². The lowest BCUT2D eigenvalue weighted by atomic mass is 10.0. The molecule has 2 aromatic rings. The maximum Gasteiger partial charge on any atom is 0.244 e. The predicted molar refractivity (Wildman–Crippen MR) is 113 cm³/mol. The highest BCUT2D eigenvalue weighted by molar-refractivity contribution is 6.00. The van der Waals surface area contributed by atoms with Crippen LogP contribution in [-0.2, 0) is 16.1 Å². The lowest BCUT2D eigenvalue weighted by Gasteiger charge is -2.31. The lowest BCUT2D eigenvalue weighted by Crippen LogP contribution is -2.51. The van der Waals surface area contributed by atoms with E-state index in [-0.39, 0.29) is 18.2 Å². The average molecular weight is 423 g/mol. The van der Waals surface area contributed by atoms with Crippen LogP contribution >= 0.6 is 0 Å². The summed E-state index contributed by atoms with van der Waals surface area (Å²) in [5, 5.41) is 16.4. The zero-order valence-corrected chi connectivity index (χ0v) is 17.1. The number of hydrogen-bond acceptors (Lipinski definition) is 8. The van der Waals surface area contributed by atoms with Crippen molar-refractivity contribution in [2.75, 3.05) is 31.1 Å². The van der Waals surface area contributed by atoms with Crippen LogP contribution in [0, 0.1) is 0 Å². The van der Waals surface area contributed by atoms with Crippen molar-refractivity contribution in [1.82, 2.24) is 20.5 Å². The van der Waals surface area contributed by atoms with Crippen LogP contribution in [0.4, 0.5) is 5.82 Å². The standard InChI is InChI=1S/C22H25N5O4/c28-20-6-4-18(21(29)25-20)27-13-14-11-15(1-3-17(14)22(27)30)31-16-2-5-19(24-12-16)26-9-7-23-8-10-26/h1-3,5,11-12,18,22-23,30H,4,6-10,13H2,(H,25,28,29). The Hall–Kier alpha value is -3.01. The second-order valence-electron chi connectivity index (χ2n) is 8.06. The van der Waals surface area contributed by atoms with Gasteiger partial charge in [-0.2, -0.15) is 0 Å². The number of pyridine rings is 1. The number of ether oxygens (including phenoxy) is 1. The fourth-order valence-electron chi connectivity index (χ4n) is 4.43. The third-order valence-electron chi connectivity index (χ3n) is 6.07. The van der Waals surface area contributed by atoms with E-state index in [1.165, 1.54) is 0 Å². The molecule has 2 amide bonds. The molecule has 0 saturated carbocycles. The maximum atomic E-state index is 12.2. The molecular weight excluding hydrogens is 398 g/mol. The van der Waals surface area contributed by atoms with Crippen LogP contribution in [-0.4, -0.2) is 59.0 Å². The number of fused-ring (bicyclic) bond motifs is 1. The van der Waals surface area contributed by atoms with E-state index in [1.54, 1.807) is 17.2 Å². The number of piperidine rings is 1. The number of imide groups is 1. The van der Waals surface area contributed by atoms with Gasteiger partial charge in [-0.3, -0.25) is 19.8 Å². The summed E-state index contributed by atoms with van der Waals surface area (Å²) in [6.07, 6.45) is 1.52. The quantitative estimate of drug-likeness (QED) is 0.623. The average Bonchev–Trinajstić information content (AvgIpc) is 3.10. The maximum absolute atomic E-state index is 12.2. The molecule has 0 radical (unpaired) electrons. The Morgan fingerprint density at radius 3 is 2.65 bits per heavy atom. The van der Waals surface area contributed by atoms with E-state index in [2.05, 4.69) is 20.5 Å². The molecule has 3 N–H and O–H groups in total. The number of anilines is 1. The summed E-state index contributed by atoms with van der Waals surface area (Å²) in [5.74, 6) is 1.60. The number of rotatable bonds is 4. The third kappa shape index (κ3) is 3.99. The van der Waals surface area contributed by atoms with Crippen LogP contribution in [0.1, 0.15) is 30.2 Å². The molecule has 0 bridgehead atoms. The van der Waals surface area contributed by atoms with Gasteiger partial charge in [-0.25, -0.2) is 4.98 Å². The number of carbonyl (C=O) groups is 2. The van der Waals surface area contributed by atoms with E-state index >= 15 is 0 Å². The SMILES string of the molecule is O=C1CCC(N2Cc3cc(Oc4ccc(N5CCNCC5)nc4)ccc3C2O)C(=O)N1. The summed E-state index contributed by atoms with van der Waals surface area (Å²) < 4.78 is 5.98. The molecule has 9 nitrogen and oxygen atoms in total. The normalized spacial score (nSPS) is 24.1. The Morgan fingerprint density at radius 2 is 1.90 bits per heavy atom. The van der Waals surface area contributed by atoms with Crippen LogP contribution < -0.4 is 20.3 Å². The number of aliphatic hydroxyl groups is 1. The molecule has 2 saturated heterocycles. The Balaban J connectivity index is 1.27. The third-order valence-corrected chi connectivity index (χ3v) is 6.07. The van der Waals surface area contributed by atoms with Gasteiger partial charge in [0, 0.05) is 44.7 Å². The molecule has 2 unspecified atom stereocenters. The van der Waals surface area contributed by atoms with E-state index in [1.807, 2.05) is 24.3 Å². The number of amides is 2. The molecule has 3 aliphatic rings. The van der Waals surface area contributed by atoms with Gasteiger partial charge < -0.3 is 20.1 Å². The van der Waals surface area contributed by atoms with E-state index in [0.717, 1.165) is 43.1 Å². The zero-order valence-electron chi connectivity index (χ0n) is 17.1. The molecule has 1 aromatic carbocycles. The van der Waals surface area contributed by atoms with Crippen molar-refractivity contribution in [3.63, 3.8) is 0 Å². The van der Waals surface area contributed by atoms with Crippen molar-refractivity contribution in [2.45, 2.75) is 31.7 Å². The van der Waals surface area contributed by atoms with Gasteiger partial charge in [0.05, 0.1) is 12.2 Å². The van der Waals surface area contributed by atoms with E-state index in [9.17, 15) is 14.7 Å². The topological polar surface area (TPSA) is 107 Å². The number of aliphatic hydroxyl groups excluding tert-OH is 1. The number of nitrogens with zero attached hydrogens (tertiary/aromatic N) is 3. The van der Waals surface area contributed by atoms with Crippen LogP contribution in [0.5, 0.6) is 11.5 Å². The summed E-state index contributed by atoms with van der Waals surface area (Å²) in [6.45, 7) is 4.20. The van der Waals surface area contributed by atoms with E-state index in [4.69, 9.17) is 4.74 Å². The van der Waals surface area contributed by atoms with Crippen LogP contribution in [0.2, 0.25) is 0 Å². The summed E-state index contributed by atoms with van der Waals surface area (Å²) in [4.78, 5) is 32.1. The Bertz CT molecular complexity index is 990. The van der Waals surface area contributed by atoms with Crippen molar-refractivity contribution < 1.29 is 19.4 Å². The molecular formula is C22H25N5O4. The highest BCUT2D eigenvalue weighted by Crippen LogP contribution is 2.37. The van der Waals surface area contributed by atoms with E-state index < -0.39 is 12.3 Å². The minimum absolute atomic E-state index is 0.264. The first-order chi connectivity index (χ1) is 15.1. The number of piperazine rings is 1. The van der Waals surface area contributed by atoms with Gasteiger partial charge in [-0.05, 0) is 36.2 Å². The van der Waals surface area contributed by atoms with E-state index in [0.29, 0.717) is 24.5 Å². The minimum Gasteiger partial charge on any atom is -0.456 e. The number of benzene rings is 1. The van der Waals surface area contributed by atoms with Crippen molar-refractivity contribution in [1.29, 1.82) is 0 Å². The molecule has 31 heavy (non-hydrogen) atoms. The number of nitrogens with one attached hydrogen (secondary N) is 2. The van der Waals surface area contributed by atoms with Gasteiger partial charge in [-0.15, -0.1) is 0 Å². The van der Waals surface area contributed by atoms with Crippen LogP contribution in [0.3, 0.4) is 0 Å². The number of hydrogen-bond donors (Lipinski definition) is 3. The van der Waals surface area contributed by atoms with Gasteiger partial charge in [0.25, 0.3) is 0 Å². The zero-order chi connectivity index (χ0) is 21.4. The molecule has 4 heterocycles. The summed E-state index contributed by atoms with van der Waals surface area (Å²) >= 11 is 0. The van der Waals surface area contributed by atoms with Gasteiger partial charge in [0.1, 0.15) is 23.5 Å². The van der Waals surface area contributed by atoms with Crippen molar-refractivity contribution in [3.05, 3.63) is 47.7 Å².